The van der Waals surface area contributed by atoms with E-state index in [0.717, 1.165) is 6.08 Å². The topological polar surface area (TPSA) is 83.6 Å². The summed E-state index contributed by atoms with van der Waals surface area (Å²) >= 11 is 0. The smallest absolute Gasteiger partial charge is 0.328 e. The molecule has 0 saturated heterocycles. The van der Waals surface area contributed by atoms with Crippen LogP contribution in [0.1, 0.15) is 11.1 Å². The summed E-state index contributed by atoms with van der Waals surface area (Å²) in [5.74, 6) is -1.03. The van der Waals surface area contributed by atoms with Crippen LogP contribution in [0.25, 0.3) is 6.08 Å². The van der Waals surface area contributed by atoms with E-state index in [1.54, 1.807) is 18.2 Å². The fraction of sp³-hybridized carbons (Fsp3) is 0.100. The van der Waals surface area contributed by atoms with Crippen LogP contribution >= 0.6 is 0 Å². The second-order valence-electron chi connectivity index (χ2n) is 2.74. The van der Waals surface area contributed by atoms with Gasteiger partial charge >= 0.3 is 5.97 Å². The molecule has 0 saturated carbocycles. The number of aliphatic hydroxyl groups is 1. The third-order valence-corrected chi connectivity index (χ3v) is 1.81. The van der Waals surface area contributed by atoms with Gasteiger partial charge in [0, 0.05) is 17.3 Å². The highest BCUT2D eigenvalue weighted by molar-refractivity contribution is 5.86. The summed E-state index contributed by atoms with van der Waals surface area (Å²) in [5, 5.41) is 17.4. The molecule has 0 heterocycles. The lowest BCUT2D eigenvalue weighted by Gasteiger charge is -2.05. The second kappa shape index (κ2) is 4.43. The molecular weight excluding hydrogens is 182 g/mol. The van der Waals surface area contributed by atoms with E-state index < -0.39 is 5.97 Å². The van der Waals surface area contributed by atoms with Crippen LogP contribution in [0.15, 0.2) is 24.3 Å². The van der Waals surface area contributed by atoms with Crippen LogP contribution in [0, 0.1) is 0 Å². The van der Waals surface area contributed by atoms with Gasteiger partial charge in [0.05, 0.1) is 6.61 Å². The van der Waals surface area contributed by atoms with Gasteiger partial charge in [-0.3, -0.25) is 0 Å². The summed E-state index contributed by atoms with van der Waals surface area (Å²) in [7, 11) is 0. The Hall–Kier alpha value is -1.81. The quantitative estimate of drug-likeness (QED) is 0.491. The van der Waals surface area contributed by atoms with Crippen LogP contribution in [0.5, 0.6) is 0 Å². The first-order valence-electron chi connectivity index (χ1n) is 4.04. The van der Waals surface area contributed by atoms with Crippen molar-refractivity contribution in [1.82, 2.24) is 0 Å². The zero-order chi connectivity index (χ0) is 10.6. The molecule has 14 heavy (non-hydrogen) atoms. The first kappa shape index (κ1) is 10.3. The van der Waals surface area contributed by atoms with Gasteiger partial charge in [0.25, 0.3) is 0 Å². The highest BCUT2D eigenvalue weighted by Crippen LogP contribution is 2.18. The monoisotopic (exact) mass is 193 g/mol. The minimum Gasteiger partial charge on any atom is -0.478 e. The Morgan fingerprint density at radius 1 is 1.50 bits per heavy atom. The van der Waals surface area contributed by atoms with Gasteiger partial charge in [-0.1, -0.05) is 12.1 Å². The summed E-state index contributed by atoms with van der Waals surface area (Å²) < 4.78 is 0. The Morgan fingerprint density at radius 2 is 2.21 bits per heavy atom. The van der Waals surface area contributed by atoms with Crippen LogP contribution < -0.4 is 5.73 Å². The van der Waals surface area contributed by atoms with Crippen LogP contribution in [0.2, 0.25) is 0 Å². The Bertz CT molecular complexity index is 372. The third-order valence-electron chi connectivity index (χ3n) is 1.81. The Morgan fingerprint density at radius 3 is 2.79 bits per heavy atom. The first-order chi connectivity index (χ1) is 6.65. The number of aliphatic carboxylic acids is 1. The molecule has 0 atom stereocenters. The minimum absolute atomic E-state index is 0.202. The number of nitrogen functional groups attached to an aromatic ring is 1. The van der Waals surface area contributed by atoms with Crippen molar-refractivity contribution in [3.63, 3.8) is 0 Å². The highest BCUT2D eigenvalue weighted by Gasteiger charge is 2.02. The normalized spacial score (nSPS) is 10.6. The van der Waals surface area contributed by atoms with Crippen molar-refractivity contribution < 1.29 is 15.0 Å². The molecule has 74 valence electrons. The number of carbonyl (C=O) groups is 1. The van der Waals surface area contributed by atoms with Crippen molar-refractivity contribution in [2.24, 2.45) is 0 Å². The number of hydrogen-bond donors (Lipinski definition) is 3. The summed E-state index contributed by atoms with van der Waals surface area (Å²) in [6.45, 7) is -0.202. The predicted molar refractivity (Wildman–Crippen MR) is 53.4 cm³/mol. The van der Waals surface area contributed by atoms with E-state index in [-0.39, 0.29) is 6.61 Å². The standard InChI is InChI=1S/C10H11NO3/c11-9-3-1-2-7(8(9)6-12)4-5-10(13)14/h1-5,12H,6,11H2,(H,13,14)/b5-4+. The van der Waals surface area contributed by atoms with Crippen LogP contribution in [-0.2, 0) is 11.4 Å². The fourth-order valence-electron chi connectivity index (χ4n) is 1.12. The summed E-state index contributed by atoms with van der Waals surface area (Å²) in [5.41, 5.74) is 7.22. The van der Waals surface area contributed by atoms with Gasteiger partial charge in [0.15, 0.2) is 0 Å². The molecule has 0 aliphatic heterocycles. The maximum Gasteiger partial charge on any atom is 0.328 e. The molecule has 1 rings (SSSR count). The molecule has 1 aromatic rings. The number of carboxylic acids is 1. The number of hydrogen-bond acceptors (Lipinski definition) is 3. The SMILES string of the molecule is Nc1cccc(/C=C/C(=O)O)c1CO. The second-order valence-corrected chi connectivity index (χ2v) is 2.74. The molecule has 1 aromatic carbocycles. The number of anilines is 1. The molecule has 0 aliphatic carbocycles. The maximum absolute atomic E-state index is 10.3. The molecule has 0 spiro atoms. The van der Waals surface area contributed by atoms with Crippen molar-refractivity contribution in [3.05, 3.63) is 35.4 Å². The van der Waals surface area contributed by atoms with Gasteiger partial charge in [-0.05, 0) is 17.7 Å². The van der Waals surface area contributed by atoms with E-state index in [0.29, 0.717) is 16.8 Å². The zero-order valence-corrected chi connectivity index (χ0v) is 7.47. The summed E-state index contributed by atoms with van der Waals surface area (Å²) in [6, 6.07) is 5.06. The van der Waals surface area contributed by atoms with E-state index in [1.807, 2.05) is 0 Å². The lowest BCUT2D eigenvalue weighted by atomic mass is 10.1. The molecule has 0 fully saturated rings. The summed E-state index contributed by atoms with van der Waals surface area (Å²) in [4.78, 5) is 10.3. The van der Waals surface area contributed by atoms with Gasteiger partial charge < -0.3 is 15.9 Å². The Balaban J connectivity index is 3.08. The van der Waals surface area contributed by atoms with E-state index in [4.69, 9.17) is 15.9 Å². The molecule has 4 N–H and O–H groups in total. The largest absolute Gasteiger partial charge is 0.478 e. The first-order valence-corrected chi connectivity index (χ1v) is 4.04. The van der Waals surface area contributed by atoms with Crippen LogP contribution in [-0.4, -0.2) is 16.2 Å². The van der Waals surface area contributed by atoms with Crippen LogP contribution in [0.3, 0.4) is 0 Å². The number of nitrogens with two attached hydrogens (primary N) is 1. The van der Waals surface area contributed by atoms with Crippen molar-refractivity contribution >= 4 is 17.7 Å². The van der Waals surface area contributed by atoms with Gasteiger partial charge in [-0.15, -0.1) is 0 Å². The number of carboxylic acid groups (broad SMARTS) is 1. The Kier molecular flexibility index (Phi) is 3.25. The molecule has 0 bridgehead atoms. The maximum atomic E-state index is 10.3. The molecular formula is C10H11NO3. The van der Waals surface area contributed by atoms with Crippen molar-refractivity contribution in [3.8, 4) is 0 Å². The zero-order valence-electron chi connectivity index (χ0n) is 7.47. The van der Waals surface area contributed by atoms with Crippen molar-refractivity contribution in [1.29, 1.82) is 0 Å². The van der Waals surface area contributed by atoms with E-state index in [1.165, 1.54) is 6.08 Å². The van der Waals surface area contributed by atoms with Crippen molar-refractivity contribution in [2.75, 3.05) is 5.73 Å². The number of benzene rings is 1. The van der Waals surface area contributed by atoms with Gasteiger partial charge in [-0.25, -0.2) is 4.79 Å². The lowest BCUT2D eigenvalue weighted by molar-refractivity contribution is -0.131. The molecule has 0 unspecified atom stereocenters. The number of aliphatic hydroxyl groups excluding tert-OH is 1. The average Bonchev–Trinajstić information content (AvgIpc) is 2.14. The minimum atomic E-state index is -1.03. The highest BCUT2D eigenvalue weighted by atomic mass is 16.4. The van der Waals surface area contributed by atoms with E-state index in [2.05, 4.69) is 0 Å². The molecule has 4 nitrogen and oxygen atoms in total. The van der Waals surface area contributed by atoms with Gasteiger partial charge in [-0.2, -0.15) is 0 Å². The van der Waals surface area contributed by atoms with E-state index >= 15 is 0 Å². The molecule has 0 amide bonds. The van der Waals surface area contributed by atoms with Gasteiger partial charge in [0.2, 0.25) is 0 Å². The average molecular weight is 193 g/mol. The summed E-state index contributed by atoms with van der Waals surface area (Å²) in [6.07, 6.45) is 2.41. The molecule has 0 aliphatic rings. The molecule has 0 aromatic heterocycles. The predicted octanol–water partition coefficient (Wildman–Crippen LogP) is 0.859. The van der Waals surface area contributed by atoms with Crippen LogP contribution in [0.4, 0.5) is 5.69 Å². The number of rotatable bonds is 3. The fourth-order valence-corrected chi connectivity index (χ4v) is 1.12. The molecule has 4 heteroatoms. The lowest BCUT2D eigenvalue weighted by Crippen LogP contribution is -1.97. The third kappa shape index (κ3) is 2.34. The molecule has 0 radical (unpaired) electrons. The van der Waals surface area contributed by atoms with Crippen molar-refractivity contribution in [2.45, 2.75) is 6.61 Å². The van der Waals surface area contributed by atoms with Gasteiger partial charge in [0.1, 0.15) is 0 Å². The van der Waals surface area contributed by atoms with E-state index in [9.17, 15) is 4.79 Å². The Labute approximate surface area is 81.3 Å².